The zero-order valence-corrected chi connectivity index (χ0v) is 14.4. The molecule has 0 unspecified atom stereocenters. The number of esters is 1. The molecule has 1 amide bonds. The molecule has 0 aliphatic rings. The molecule has 0 aliphatic carbocycles. The van der Waals surface area contributed by atoms with Crippen LogP contribution in [0.1, 0.15) is 30.6 Å². The summed E-state index contributed by atoms with van der Waals surface area (Å²) in [6, 6.07) is 6.62. The van der Waals surface area contributed by atoms with Crippen LogP contribution in [0.25, 0.3) is 0 Å². The summed E-state index contributed by atoms with van der Waals surface area (Å²) in [5, 5.41) is 8.49. The summed E-state index contributed by atoms with van der Waals surface area (Å²) < 4.78 is 15.8. The lowest BCUT2D eigenvalue weighted by Gasteiger charge is -2.16. The maximum Gasteiger partial charge on any atom is 0.338 e. The molecule has 0 spiro atoms. The molecule has 0 saturated heterocycles. The monoisotopic (exact) mass is 334 g/mol. The molecule has 1 rings (SSSR count). The molecule has 24 heavy (non-hydrogen) atoms. The zero-order chi connectivity index (χ0) is 18.1. The number of hydrogen-bond acceptors (Lipinski definition) is 6. The van der Waals surface area contributed by atoms with Crippen molar-refractivity contribution in [2.45, 2.75) is 26.4 Å². The highest BCUT2D eigenvalue weighted by Gasteiger charge is 2.16. The second kappa shape index (κ2) is 9.40. The van der Waals surface area contributed by atoms with Crippen LogP contribution in [0, 0.1) is 11.3 Å². The first kappa shape index (κ1) is 19.3. The summed E-state index contributed by atoms with van der Waals surface area (Å²) in [5.74, 6) is -0.0660. The Balaban J connectivity index is 2.68. The number of methoxy groups -OCH3 is 1. The molecule has 0 aromatic heterocycles. The average molecular weight is 334 g/mol. The van der Waals surface area contributed by atoms with Gasteiger partial charge < -0.3 is 19.1 Å². The Morgan fingerprint density at radius 3 is 2.58 bits per heavy atom. The Kier molecular flexibility index (Phi) is 7.56. The zero-order valence-electron chi connectivity index (χ0n) is 14.4. The summed E-state index contributed by atoms with van der Waals surface area (Å²) in [7, 11) is 3.03. The topological polar surface area (TPSA) is 88.9 Å². The van der Waals surface area contributed by atoms with Gasteiger partial charge in [0.15, 0.2) is 18.1 Å². The number of carbonyl (C=O) groups is 2. The Morgan fingerprint density at radius 2 is 2.00 bits per heavy atom. The molecule has 7 heteroatoms. The number of carbonyl (C=O) groups excluding carboxylic acids is 2. The predicted molar refractivity (Wildman–Crippen MR) is 86.9 cm³/mol. The van der Waals surface area contributed by atoms with E-state index in [1.807, 2.05) is 19.9 Å². The number of nitrogens with zero attached hydrogens (tertiary/aromatic N) is 2. The van der Waals surface area contributed by atoms with Crippen LogP contribution >= 0.6 is 0 Å². The highest BCUT2D eigenvalue weighted by atomic mass is 16.5. The summed E-state index contributed by atoms with van der Waals surface area (Å²) in [6.07, 6.45) is 0.198. The smallest absolute Gasteiger partial charge is 0.338 e. The summed E-state index contributed by atoms with van der Waals surface area (Å²) in [5.41, 5.74) is 0.260. The molecule has 0 aliphatic heterocycles. The van der Waals surface area contributed by atoms with Gasteiger partial charge in [-0.15, -0.1) is 0 Å². The third kappa shape index (κ3) is 5.80. The van der Waals surface area contributed by atoms with Gasteiger partial charge >= 0.3 is 5.97 Å². The Morgan fingerprint density at radius 1 is 1.29 bits per heavy atom. The van der Waals surface area contributed by atoms with Gasteiger partial charge in [-0.2, -0.15) is 5.26 Å². The van der Waals surface area contributed by atoms with Gasteiger partial charge in [0.05, 0.1) is 31.3 Å². The lowest BCUT2D eigenvalue weighted by molar-refractivity contribution is -0.133. The van der Waals surface area contributed by atoms with Gasteiger partial charge in [-0.1, -0.05) is 0 Å². The second-order valence-electron chi connectivity index (χ2n) is 5.33. The lowest BCUT2D eigenvalue weighted by Crippen LogP contribution is -2.31. The van der Waals surface area contributed by atoms with E-state index in [0.29, 0.717) is 18.0 Å². The van der Waals surface area contributed by atoms with Crippen LogP contribution in [0.2, 0.25) is 0 Å². The van der Waals surface area contributed by atoms with Gasteiger partial charge in [0.25, 0.3) is 5.91 Å². The van der Waals surface area contributed by atoms with Crippen LogP contribution in [0.4, 0.5) is 0 Å². The molecule has 0 N–H and O–H groups in total. The molecular weight excluding hydrogens is 312 g/mol. The first-order chi connectivity index (χ1) is 11.4. The quantitative estimate of drug-likeness (QED) is 0.676. The lowest BCUT2D eigenvalue weighted by atomic mass is 10.2. The van der Waals surface area contributed by atoms with Crippen molar-refractivity contribution >= 4 is 11.9 Å². The molecule has 0 radical (unpaired) electrons. The van der Waals surface area contributed by atoms with E-state index < -0.39 is 5.97 Å². The van der Waals surface area contributed by atoms with E-state index in [4.69, 9.17) is 19.5 Å². The van der Waals surface area contributed by atoms with Crippen molar-refractivity contribution in [3.05, 3.63) is 23.8 Å². The number of ether oxygens (including phenoxy) is 3. The number of rotatable bonds is 8. The van der Waals surface area contributed by atoms with Crippen molar-refractivity contribution in [3.63, 3.8) is 0 Å². The summed E-state index contributed by atoms with van der Waals surface area (Å²) >= 11 is 0. The second-order valence-corrected chi connectivity index (χ2v) is 5.33. The van der Waals surface area contributed by atoms with Gasteiger partial charge in [-0.05, 0) is 32.0 Å². The van der Waals surface area contributed by atoms with Crippen molar-refractivity contribution < 1.29 is 23.8 Å². The van der Waals surface area contributed by atoms with Crippen molar-refractivity contribution in [1.82, 2.24) is 4.90 Å². The van der Waals surface area contributed by atoms with Crippen molar-refractivity contribution in [3.8, 4) is 17.6 Å². The van der Waals surface area contributed by atoms with Crippen molar-refractivity contribution in [2.24, 2.45) is 0 Å². The van der Waals surface area contributed by atoms with Gasteiger partial charge in [0.1, 0.15) is 0 Å². The molecule has 0 bridgehead atoms. The maximum atomic E-state index is 12.0. The first-order valence-electron chi connectivity index (χ1n) is 7.51. The Bertz CT molecular complexity index is 622. The number of likely N-dealkylation sites (N-methyl/N-ethyl adjacent to an activating group) is 1. The first-order valence-corrected chi connectivity index (χ1v) is 7.51. The fourth-order valence-electron chi connectivity index (χ4n) is 1.81. The number of amides is 1. The average Bonchev–Trinajstić information content (AvgIpc) is 2.56. The summed E-state index contributed by atoms with van der Waals surface area (Å²) in [6.45, 7) is 3.68. The maximum absolute atomic E-state index is 12.0. The van der Waals surface area contributed by atoms with Gasteiger partial charge in [-0.25, -0.2) is 4.79 Å². The van der Waals surface area contributed by atoms with E-state index >= 15 is 0 Å². The SMILES string of the molecule is COc1cc(C(=O)OCC(=O)N(C)CCC#N)ccc1OC(C)C. The fourth-order valence-corrected chi connectivity index (χ4v) is 1.81. The van der Waals surface area contributed by atoms with Crippen LogP contribution in [0.5, 0.6) is 11.5 Å². The minimum atomic E-state index is -0.633. The standard InChI is InChI=1S/C17H22N2O5/c1-12(2)24-14-7-6-13(10-15(14)22-4)17(21)23-11-16(20)19(3)9-5-8-18/h6-7,10,12H,5,9,11H2,1-4H3. The highest BCUT2D eigenvalue weighted by molar-refractivity contribution is 5.92. The van der Waals surface area contributed by atoms with Crippen LogP contribution in [0.15, 0.2) is 18.2 Å². The molecule has 130 valence electrons. The van der Waals surface area contributed by atoms with Gasteiger partial charge in [-0.3, -0.25) is 4.79 Å². The van der Waals surface area contributed by atoms with E-state index in [9.17, 15) is 9.59 Å². The normalized spacial score (nSPS) is 10.0. The largest absolute Gasteiger partial charge is 0.493 e. The molecule has 1 aromatic rings. The third-order valence-electron chi connectivity index (χ3n) is 3.07. The minimum absolute atomic E-state index is 0.0294. The van der Waals surface area contributed by atoms with Crippen LogP contribution in [-0.2, 0) is 9.53 Å². The van der Waals surface area contributed by atoms with E-state index in [1.165, 1.54) is 18.1 Å². The highest BCUT2D eigenvalue weighted by Crippen LogP contribution is 2.29. The van der Waals surface area contributed by atoms with Crippen molar-refractivity contribution in [1.29, 1.82) is 5.26 Å². The number of hydrogen-bond donors (Lipinski definition) is 0. The van der Waals surface area contributed by atoms with Crippen LogP contribution < -0.4 is 9.47 Å². The summed E-state index contributed by atoms with van der Waals surface area (Å²) in [4.78, 5) is 25.2. The number of benzene rings is 1. The van der Waals surface area contributed by atoms with Crippen molar-refractivity contribution in [2.75, 3.05) is 27.3 Å². The van der Waals surface area contributed by atoms with E-state index in [2.05, 4.69) is 0 Å². The fraction of sp³-hybridized carbons (Fsp3) is 0.471. The number of nitriles is 1. The third-order valence-corrected chi connectivity index (χ3v) is 3.07. The Hall–Kier alpha value is -2.75. The molecule has 1 aromatic carbocycles. The Labute approximate surface area is 141 Å². The predicted octanol–water partition coefficient (Wildman–Crippen LogP) is 2.01. The molecule has 0 fully saturated rings. The van der Waals surface area contributed by atoms with Gasteiger partial charge in [0, 0.05) is 13.6 Å². The van der Waals surface area contributed by atoms with E-state index in [-0.39, 0.29) is 30.6 Å². The molecule has 7 nitrogen and oxygen atoms in total. The van der Waals surface area contributed by atoms with E-state index in [0.717, 1.165) is 0 Å². The minimum Gasteiger partial charge on any atom is -0.493 e. The molecule has 0 heterocycles. The van der Waals surface area contributed by atoms with Crippen LogP contribution in [0.3, 0.4) is 0 Å². The van der Waals surface area contributed by atoms with E-state index in [1.54, 1.807) is 19.2 Å². The molecule has 0 saturated carbocycles. The molecular formula is C17H22N2O5. The molecule has 0 atom stereocenters. The van der Waals surface area contributed by atoms with Crippen LogP contribution in [-0.4, -0.2) is 50.2 Å². The van der Waals surface area contributed by atoms with Gasteiger partial charge in [0.2, 0.25) is 0 Å².